The summed E-state index contributed by atoms with van der Waals surface area (Å²) in [5, 5.41) is 14.7. The van der Waals surface area contributed by atoms with Gasteiger partial charge in [0.05, 0.1) is 12.1 Å². The number of likely N-dealkylation sites (N-methyl/N-ethyl adjacent to an activating group) is 2. The lowest BCUT2D eigenvalue weighted by molar-refractivity contribution is -0.143. The van der Waals surface area contributed by atoms with Crippen molar-refractivity contribution in [3.05, 3.63) is 101 Å². The number of likely N-dealkylation sites (tertiary alicyclic amines) is 2. The van der Waals surface area contributed by atoms with Gasteiger partial charge in [-0.2, -0.15) is 0 Å². The molecule has 0 spiro atoms. The van der Waals surface area contributed by atoms with Crippen LogP contribution in [0.4, 0.5) is 15.3 Å². The van der Waals surface area contributed by atoms with Gasteiger partial charge in [0.25, 0.3) is 5.91 Å². The molecule has 0 bridgehead atoms. The number of carbonyl (C=O) groups is 10. The third kappa shape index (κ3) is 19.0. The monoisotopic (exact) mass is 1210 g/mol. The number of nitrogen functional groups attached to an aromatic ring is 1. The van der Waals surface area contributed by atoms with Gasteiger partial charge in [-0.1, -0.05) is 101 Å². The van der Waals surface area contributed by atoms with E-state index in [0.29, 0.717) is 12.8 Å². The Morgan fingerprint density at radius 2 is 0.977 bits per heavy atom. The molecule has 0 aromatic heterocycles. The Bertz CT molecular complexity index is 2760. The first-order valence-corrected chi connectivity index (χ1v) is 30.2. The number of amides is 9. The van der Waals surface area contributed by atoms with Crippen LogP contribution in [0.1, 0.15) is 173 Å². The molecule has 3 aromatic carbocycles. The minimum atomic E-state index is -1.14. The lowest BCUT2D eigenvalue weighted by Crippen LogP contribution is -2.58. The second-order valence-corrected chi connectivity index (χ2v) is 25.6. The molecule has 2 saturated heterocycles. The van der Waals surface area contributed by atoms with Gasteiger partial charge in [0.1, 0.15) is 47.5 Å². The SMILES string of the molecule is CC[C@H](C)[C@H](NC(=O)[C@H](C)N(C)C(=O)OC(C)(C)C)C(=O)N1C[C@@H](CC(=O)c2cc(N)cc(C(=O)N[C@H]3C[C@@H](C(=O)N[C@H](C)c4ccccc4)N(C(=O)[C@@H](NC(=O)[C@H](C)N(C)C(=O)OC(C)(C)C)[C@@H](C)CC)C3)c2)C[C@H]1C(=O)N[C@H](C)c1ccccc1. The number of hydrogen-bond donors (Lipinski definition) is 6. The highest BCUT2D eigenvalue weighted by Crippen LogP contribution is 2.32. The number of Topliss-reactive ketones (excluding diaryl/α,β-unsaturated/α-hetero) is 1. The van der Waals surface area contributed by atoms with E-state index in [9.17, 15) is 47.9 Å². The van der Waals surface area contributed by atoms with Crippen LogP contribution < -0.4 is 32.3 Å². The average molecular weight is 1210 g/mol. The van der Waals surface area contributed by atoms with Gasteiger partial charge in [-0.15, -0.1) is 0 Å². The third-order valence-corrected chi connectivity index (χ3v) is 16.4. The maximum atomic E-state index is 14.9. The van der Waals surface area contributed by atoms with Crippen LogP contribution in [0.5, 0.6) is 0 Å². The quantitative estimate of drug-likeness (QED) is 0.0409. The summed E-state index contributed by atoms with van der Waals surface area (Å²) < 4.78 is 11.0. The number of anilines is 1. The Morgan fingerprint density at radius 1 is 0.575 bits per heavy atom. The molecule has 2 heterocycles. The summed E-state index contributed by atoms with van der Waals surface area (Å²) in [6.45, 7) is 24.1. The molecule has 22 heteroatoms. The van der Waals surface area contributed by atoms with Crippen molar-refractivity contribution < 1.29 is 57.4 Å². The molecule has 9 amide bonds. The number of rotatable bonds is 23. The number of nitrogens with zero attached hydrogens (tertiary/aromatic N) is 4. The maximum absolute atomic E-state index is 14.9. The number of carbonyl (C=O) groups excluding carboxylic acids is 10. The first-order valence-electron chi connectivity index (χ1n) is 30.2. The van der Waals surface area contributed by atoms with Gasteiger partial charge in [-0.25, -0.2) is 9.59 Å². The standard InChI is InChI=1S/C65H94N10O12/c1-17-37(3)53(70-55(77)41(7)72(15)62(84)86-64(9,10)11)60(82)74-35-43(29-50(74)58(80)67-39(5)44-25-21-19-22-26-44)30-52(76)46-31-47(33-48(66)32-46)57(79)69-49-34-51(59(81)68-40(6)45-27-23-20-24-28-45)75(36-49)61(83)54(38(4)18-2)71-56(78)42(8)73(16)63(85)87-65(12,13)14/h19-28,31-33,37-43,49-51,53-54H,17-18,29-30,34-36,66H2,1-16H3,(H,67,80)(H,68,81)(H,69,79)(H,70,77)(H,71,78)/t37-,38-,39+,40+,41-,42-,43+,49-,50-,51-,53-,54-/m0/s1. The molecule has 12 atom stereocenters. The summed E-state index contributed by atoms with van der Waals surface area (Å²) in [7, 11) is 2.85. The molecule has 0 saturated carbocycles. The predicted molar refractivity (Wildman–Crippen MR) is 330 cm³/mol. The van der Waals surface area contributed by atoms with E-state index in [2.05, 4.69) is 26.6 Å². The van der Waals surface area contributed by atoms with Crippen molar-refractivity contribution >= 4 is 65.0 Å². The molecule has 2 aliphatic rings. The highest BCUT2D eigenvalue weighted by atomic mass is 16.6. The summed E-state index contributed by atoms with van der Waals surface area (Å²) in [6.07, 6.45) is -0.636. The van der Waals surface area contributed by atoms with Crippen LogP contribution in [0.25, 0.3) is 0 Å². The van der Waals surface area contributed by atoms with Gasteiger partial charge in [0, 0.05) is 56.5 Å². The minimum Gasteiger partial charge on any atom is -0.444 e. The fraction of sp³-hybridized carbons (Fsp3) is 0.569. The van der Waals surface area contributed by atoms with Crippen LogP contribution in [-0.4, -0.2) is 160 Å². The smallest absolute Gasteiger partial charge is 0.410 e. The first-order chi connectivity index (χ1) is 40.6. The Balaban J connectivity index is 1.39. The normalized spacial score (nSPS) is 19.5. The van der Waals surface area contributed by atoms with E-state index >= 15 is 0 Å². The zero-order valence-electron chi connectivity index (χ0n) is 53.6. The molecule has 7 N–H and O–H groups in total. The molecule has 5 rings (SSSR count). The Hall–Kier alpha value is -8.04. The van der Waals surface area contributed by atoms with Gasteiger partial charge in [0.2, 0.25) is 35.4 Å². The highest BCUT2D eigenvalue weighted by Gasteiger charge is 2.47. The van der Waals surface area contributed by atoms with E-state index in [1.165, 1.54) is 55.9 Å². The number of nitrogens with two attached hydrogens (primary N) is 1. The molecule has 0 aliphatic carbocycles. The lowest BCUT2D eigenvalue weighted by atomic mass is 9.94. The predicted octanol–water partition coefficient (Wildman–Crippen LogP) is 7.09. The van der Waals surface area contributed by atoms with Crippen molar-refractivity contribution in [3.8, 4) is 0 Å². The van der Waals surface area contributed by atoms with Gasteiger partial charge < -0.3 is 51.6 Å². The Kier molecular flexibility index (Phi) is 24.1. The van der Waals surface area contributed by atoms with Crippen molar-refractivity contribution in [3.63, 3.8) is 0 Å². The largest absolute Gasteiger partial charge is 0.444 e. The van der Waals surface area contributed by atoms with Gasteiger partial charge in [0.15, 0.2) is 5.78 Å². The van der Waals surface area contributed by atoms with E-state index in [4.69, 9.17) is 15.2 Å². The summed E-state index contributed by atoms with van der Waals surface area (Å²) in [5.41, 5.74) is 6.60. The third-order valence-electron chi connectivity index (χ3n) is 16.4. The maximum Gasteiger partial charge on any atom is 0.410 e. The molecular weight excluding hydrogens is 1110 g/mol. The second kappa shape index (κ2) is 30.0. The number of ether oxygens (including phenoxy) is 2. The summed E-state index contributed by atoms with van der Waals surface area (Å²) >= 11 is 0. The van der Waals surface area contributed by atoms with Crippen LogP contribution in [0.15, 0.2) is 78.9 Å². The molecule has 22 nitrogen and oxygen atoms in total. The molecule has 2 aliphatic heterocycles. The number of benzene rings is 3. The van der Waals surface area contributed by atoms with Crippen LogP contribution in [0, 0.1) is 17.8 Å². The highest BCUT2D eigenvalue weighted by molar-refractivity contribution is 6.03. The summed E-state index contributed by atoms with van der Waals surface area (Å²) in [6, 6.07) is 14.6. The van der Waals surface area contributed by atoms with Crippen molar-refractivity contribution in [1.29, 1.82) is 0 Å². The van der Waals surface area contributed by atoms with E-state index in [0.717, 1.165) is 20.9 Å². The Morgan fingerprint density at radius 3 is 1.39 bits per heavy atom. The average Bonchev–Trinajstić information content (AvgIpc) is 2.28. The number of nitrogens with one attached hydrogen (secondary N) is 5. The topological polar surface area (TPSA) is 288 Å². The van der Waals surface area contributed by atoms with Crippen molar-refractivity contribution in [1.82, 2.24) is 46.2 Å². The molecule has 3 aromatic rings. The molecule has 87 heavy (non-hydrogen) atoms. The van der Waals surface area contributed by atoms with Crippen LogP contribution in [0.2, 0.25) is 0 Å². The van der Waals surface area contributed by atoms with E-state index in [1.54, 1.807) is 55.4 Å². The van der Waals surface area contributed by atoms with Crippen LogP contribution in [0.3, 0.4) is 0 Å². The summed E-state index contributed by atoms with van der Waals surface area (Å²) in [4.78, 5) is 146. The van der Waals surface area contributed by atoms with Crippen molar-refractivity contribution in [2.45, 2.75) is 195 Å². The number of hydrogen-bond acceptors (Lipinski definition) is 13. The fourth-order valence-corrected chi connectivity index (χ4v) is 10.5. The van der Waals surface area contributed by atoms with E-state index < -0.39 is 143 Å². The van der Waals surface area contributed by atoms with Gasteiger partial charge >= 0.3 is 12.2 Å². The van der Waals surface area contributed by atoms with E-state index in [1.807, 2.05) is 88.4 Å². The van der Waals surface area contributed by atoms with Crippen LogP contribution >= 0.6 is 0 Å². The lowest BCUT2D eigenvalue weighted by Gasteiger charge is -2.33. The van der Waals surface area contributed by atoms with Crippen LogP contribution in [-0.2, 0) is 38.2 Å². The summed E-state index contributed by atoms with van der Waals surface area (Å²) in [5.74, 6) is -5.79. The molecule has 0 unspecified atom stereocenters. The van der Waals surface area contributed by atoms with E-state index in [-0.39, 0.29) is 49.2 Å². The van der Waals surface area contributed by atoms with Crippen molar-refractivity contribution in [2.75, 3.05) is 32.9 Å². The van der Waals surface area contributed by atoms with Gasteiger partial charge in [-0.05, 0) is 129 Å². The zero-order chi connectivity index (χ0) is 65.0. The fourth-order valence-electron chi connectivity index (χ4n) is 10.5. The molecule has 2 fully saturated rings. The second-order valence-electron chi connectivity index (χ2n) is 25.6. The van der Waals surface area contributed by atoms with Crippen molar-refractivity contribution in [2.24, 2.45) is 17.8 Å². The number of ketones is 1. The minimum absolute atomic E-state index is 0.0165. The molecule has 476 valence electrons. The van der Waals surface area contributed by atoms with Gasteiger partial charge in [-0.3, -0.25) is 48.2 Å². The molecular formula is C65H94N10O12. The Labute approximate surface area is 513 Å². The first kappa shape index (κ1) is 69.7. The zero-order valence-corrected chi connectivity index (χ0v) is 53.6. The molecule has 0 radical (unpaired) electrons.